The summed E-state index contributed by atoms with van der Waals surface area (Å²) in [6.07, 6.45) is 4.09. The largest absolute Gasteiger partial charge is 0.398 e. The SMILES string of the molecule is Nc1ccccc1/C=C/c1ccccc1. The van der Waals surface area contributed by atoms with Gasteiger partial charge in [0, 0.05) is 5.69 Å². The number of rotatable bonds is 2. The summed E-state index contributed by atoms with van der Waals surface area (Å²) < 4.78 is 0. The molecule has 0 unspecified atom stereocenters. The Kier molecular flexibility index (Phi) is 2.84. The van der Waals surface area contributed by atoms with Gasteiger partial charge in [-0.2, -0.15) is 0 Å². The molecule has 0 amide bonds. The number of nitrogens with two attached hydrogens (primary N) is 1. The van der Waals surface area contributed by atoms with E-state index >= 15 is 0 Å². The second-order valence-electron chi connectivity index (χ2n) is 3.37. The summed E-state index contributed by atoms with van der Waals surface area (Å²) in [6, 6.07) is 18.0. The molecule has 1 nitrogen and oxygen atoms in total. The lowest BCUT2D eigenvalue weighted by molar-refractivity contribution is 1.63. The molecule has 0 atom stereocenters. The first-order valence-electron chi connectivity index (χ1n) is 4.94. The Bertz CT molecular complexity index is 458. The van der Waals surface area contributed by atoms with Crippen molar-refractivity contribution in [1.82, 2.24) is 0 Å². The fourth-order valence-electron chi connectivity index (χ4n) is 1.41. The summed E-state index contributed by atoms with van der Waals surface area (Å²) in [5.74, 6) is 0. The number of para-hydroxylation sites is 1. The second kappa shape index (κ2) is 4.47. The Labute approximate surface area is 89.9 Å². The van der Waals surface area contributed by atoms with Gasteiger partial charge in [-0.05, 0) is 17.2 Å². The molecule has 0 aliphatic rings. The molecule has 2 aromatic rings. The molecule has 0 aliphatic carbocycles. The van der Waals surface area contributed by atoms with Gasteiger partial charge < -0.3 is 5.73 Å². The Balaban J connectivity index is 2.23. The molecule has 0 radical (unpaired) electrons. The summed E-state index contributed by atoms with van der Waals surface area (Å²) in [5, 5.41) is 0. The summed E-state index contributed by atoms with van der Waals surface area (Å²) in [5.41, 5.74) is 8.88. The fraction of sp³-hybridized carbons (Fsp3) is 0. The fourth-order valence-corrected chi connectivity index (χ4v) is 1.41. The van der Waals surface area contributed by atoms with Crippen molar-refractivity contribution in [2.45, 2.75) is 0 Å². The van der Waals surface area contributed by atoms with Gasteiger partial charge in [-0.1, -0.05) is 60.7 Å². The Morgan fingerprint density at radius 3 is 2.13 bits per heavy atom. The van der Waals surface area contributed by atoms with Crippen LogP contribution in [0.2, 0.25) is 0 Å². The van der Waals surface area contributed by atoms with Crippen LogP contribution in [0.25, 0.3) is 12.2 Å². The van der Waals surface area contributed by atoms with E-state index in [0.29, 0.717) is 0 Å². The van der Waals surface area contributed by atoms with Crippen LogP contribution in [0.3, 0.4) is 0 Å². The molecule has 0 spiro atoms. The number of nitrogen functional groups attached to an aromatic ring is 1. The number of hydrogen-bond acceptors (Lipinski definition) is 1. The highest BCUT2D eigenvalue weighted by Gasteiger charge is 1.91. The lowest BCUT2D eigenvalue weighted by Crippen LogP contribution is -1.87. The molecule has 0 aromatic heterocycles. The zero-order valence-corrected chi connectivity index (χ0v) is 8.43. The van der Waals surface area contributed by atoms with Gasteiger partial charge in [0.15, 0.2) is 0 Å². The third-order valence-corrected chi connectivity index (χ3v) is 2.25. The van der Waals surface area contributed by atoms with E-state index in [1.807, 2.05) is 48.5 Å². The van der Waals surface area contributed by atoms with E-state index in [9.17, 15) is 0 Å². The first kappa shape index (κ1) is 9.53. The molecule has 2 rings (SSSR count). The highest BCUT2D eigenvalue weighted by Crippen LogP contribution is 2.14. The van der Waals surface area contributed by atoms with Crippen LogP contribution in [-0.4, -0.2) is 0 Å². The van der Waals surface area contributed by atoms with E-state index in [-0.39, 0.29) is 0 Å². The quantitative estimate of drug-likeness (QED) is 0.576. The molecule has 0 heterocycles. The van der Waals surface area contributed by atoms with Gasteiger partial charge in [-0.15, -0.1) is 0 Å². The van der Waals surface area contributed by atoms with Gasteiger partial charge in [0.25, 0.3) is 0 Å². The van der Waals surface area contributed by atoms with Crippen molar-refractivity contribution in [2.24, 2.45) is 0 Å². The van der Waals surface area contributed by atoms with Crippen molar-refractivity contribution < 1.29 is 0 Å². The standard InChI is InChI=1S/C14H13N/c15-14-9-5-4-8-13(14)11-10-12-6-2-1-3-7-12/h1-11H,15H2/b11-10+. The normalized spacial score (nSPS) is 10.7. The molecular formula is C14H13N. The van der Waals surface area contributed by atoms with E-state index in [0.717, 1.165) is 11.3 Å². The highest BCUT2D eigenvalue weighted by molar-refractivity contribution is 5.75. The summed E-state index contributed by atoms with van der Waals surface area (Å²) in [6.45, 7) is 0. The zero-order chi connectivity index (χ0) is 10.5. The Hall–Kier alpha value is -2.02. The minimum Gasteiger partial charge on any atom is -0.398 e. The van der Waals surface area contributed by atoms with E-state index in [4.69, 9.17) is 5.73 Å². The van der Waals surface area contributed by atoms with Crippen LogP contribution in [0.4, 0.5) is 5.69 Å². The van der Waals surface area contributed by atoms with Gasteiger partial charge in [0.2, 0.25) is 0 Å². The Morgan fingerprint density at radius 2 is 1.40 bits per heavy atom. The Morgan fingerprint density at radius 1 is 0.733 bits per heavy atom. The first-order chi connectivity index (χ1) is 7.36. The lowest BCUT2D eigenvalue weighted by Gasteiger charge is -1.98. The van der Waals surface area contributed by atoms with Gasteiger partial charge in [0.05, 0.1) is 0 Å². The molecule has 0 saturated carbocycles. The summed E-state index contributed by atoms with van der Waals surface area (Å²) in [7, 11) is 0. The predicted molar refractivity (Wildman–Crippen MR) is 66.2 cm³/mol. The third-order valence-electron chi connectivity index (χ3n) is 2.25. The second-order valence-corrected chi connectivity index (χ2v) is 3.37. The zero-order valence-electron chi connectivity index (χ0n) is 8.43. The van der Waals surface area contributed by atoms with Crippen molar-refractivity contribution in [3.63, 3.8) is 0 Å². The smallest absolute Gasteiger partial charge is 0.0387 e. The molecule has 1 heteroatoms. The van der Waals surface area contributed by atoms with Crippen molar-refractivity contribution in [3.05, 3.63) is 65.7 Å². The maximum absolute atomic E-state index is 5.83. The van der Waals surface area contributed by atoms with Crippen LogP contribution in [0.5, 0.6) is 0 Å². The van der Waals surface area contributed by atoms with Crippen LogP contribution in [0, 0.1) is 0 Å². The highest BCUT2D eigenvalue weighted by atomic mass is 14.5. The maximum Gasteiger partial charge on any atom is 0.0387 e. The molecule has 0 saturated heterocycles. The van der Waals surface area contributed by atoms with Crippen LogP contribution in [0.1, 0.15) is 11.1 Å². The topological polar surface area (TPSA) is 26.0 Å². The first-order valence-corrected chi connectivity index (χ1v) is 4.94. The van der Waals surface area contributed by atoms with Crippen LogP contribution >= 0.6 is 0 Å². The van der Waals surface area contributed by atoms with Crippen LogP contribution < -0.4 is 5.73 Å². The van der Waals surface area contributed by atoms with Crippen molar-refractivity contribution in [2.75, 3.05) is 5.73 Å². The van der Waals surface area contributed by atoms with Gasteiger partial charge >= 0.3 is 0 Å². The monoisotopic (exact) mass is 195 g/mol. The summed E-state index contributed by atoms with van der Waals surface area (Å²) >= 11 is 0. The molecular weight excluding hydrogens is 182 g/mol. The molecule has 0 aliphatic heterocycles. The van der Waals surface area contributed by atoms with Crippen molar-refractivity contribution in [3.8, 4) is 0 Å². The van der Waals surface area contributed by atoms with Crippen LogP contribution in [0.15, 0.2) is 54.6 Å². The average molecular weight is 195 g/mol. The van der Waals surface area contributed by atoms with Crippen LogP contribution in [-0.2, 0) is 0 Å². The van der Waals surface area contributed by atoms with E-state index < -0.39 is 0 Å². The molecule has 2 aromatic carbocycles. The molecule has 0 bridgehead atoms. The molecule has 15 heavy (non-hydrogen) atoms. The van der Waals surface area contributed by atoms with Crippen molar-refractivity contribution >= 4 is 17.8 Å². The van der Waals surface area contributed by atoms with Gasteiger partial charge in [-0.3, -0.25) is 0 Å². The number of anilines is 1. The number of hydrogen-bond donors (Lipinski definition) is 1. The lowest BCUT2D eigenvalue weighted by atomic mass is 10.1. The van der Waals surface area contributed by atoms with E-state index in [2.05, 4.69) is 18.2 Å². The number of benzene rings is 2. The maximum atomic E-state index is 5.83. The van der Waals surface area contributed by atoms with E-state index in [1.165, 1.54) is 5.56 Å². The predicted octanol–water partition coefficient (Wildman–Crippen LogP) is 3.44. The van der Waals surface area contributed by atoms with Crippen molar-refractivity contribution in [1.29, 1.82) is 0 Å². The third kappa shape index (κ3) is 2.47. The molecule has 0 fully saturated rings. The minimum absolute atomic E-state index is 0.810. The summed E-state index contributed by atoms with van der Waals surface area (Å²) in [4.78, 5) is 0. The average Bonchev–Trinajstić information content (AvgIpc) is 2.29. The molecule has 74 valence electrons. The molecule has 2 N–H and O–H groups in total. The minimum atomic E-state index is 0.810. The van der Waals surface area contributed by atoms with Gasteiger partial charge in [0.1, 0.15) is 0 Å². The van der Waals surface area contributed by atoms with Gasteiger partial charge in [-0.25, -0.2) is 0 Å². The van der Waals surface area contributed by atoms with E-state index in [1.54, 1.807) is 0 Å².